The molecule has 1 aromatic heterocycles. The fourth-order valence-corrected chi connectivity index (χ4v) is 4.22. The molecule has 0 saturated heterocycles. The predicted octanol–water partition coefficient (Wildman–Crippen LogP) is 7.48. The Balaban J connectivity index is 1.47. The Morgan fingerprint density at radius 3 is 2.09 bits per heavy atom. The Bertz CT molecular complexity index is 1150. The van der Waals surface area contributed by atoms with Crippen LogP contribution in [0.3, 0.4) is 0 Å². The molecular formula is C29H36O6. The molecule has 0 aliphatic heterocycles. The lowest BCUT2D eigenvalue weighted by molar-refractivity contribution is -0.134. The van der Waals surface area contributed by atoms with Crippen LogP contribution in [-0.4, -0.2) is 16.2 Å². The van der Waals surface area contributed by atoms with Crippen LogP contribution in [0.25, 0.3) is 22.1 Å². The number of fused-ring (bicyclic) bond motifs is 1. The number of benzene rings is 2. The van der Waals surface area contributed by atoms with Crippen LogP contribution in [-0.2, 0) is 4.79 Å². The van der Waals surface area contributed by atoms with E-state index in [1.807, 2.05) is 0 Å². The van der Waals surface area contributed by atoms with Crippen molar-refractivity contribution < 1.29 is 24.2 Å². The third-order valence-electron chi connectivity index (χ3n) is 6.22. The van der Waals surface area contributed by atoms with Gasteiger partial charge in [0, 0.05) is 18.6 Å². The molecule has 3 aromatic rings. The van der Waals surface area contributed by atoms with Gasteiger partial charge in [-0.15, -0.1) is 0 Å². The van der Waals surface area contributed by atoms with Gasteiger partial charge in [-0.2, -0.15) is 0 Å². The maximum Gasteiger partial charge on any atom is 0.311 e. The van der Waals surface area contributed by atoms with Crippen LogP contribution < -0.4 is 10.2 Å². The Kier molecular flexibility index (Phi) is 10.2. The van der Waals surface area contributed by atoms with Crippen molar-refractivity contribution in [1.82, 2.24) is 0 Å². The highest BCUT2D eigenvalue weighted by Crippen LogP contribution is 2.31. The van der Waals surface area contributed by atoms with E-state index in [1.54, 1.807) is 12.1 Å². The van der Waals surface area contributed by atoms with Crippen molar-refractivity contribution in [1.29, 1.82) is 0 Å². The number of rotatable bonds is 14. The molecule has 0 fully saturated rings. The molecule has 35 heavy (non-hydrogen) atoms. The molecule has 0 saturated carbocycles. The number of phenolic OH excluding ortho intramolecular Hbond substituents is 2. The minimum atomic E-state index is -0.409. The molecule has 0 spiro atoms. The van der Waals surface area contributed by atoms with E-state index in [4.69, 9.17) is 9.15 Å². The van der Waals surface area contributed by atoms with Crippen molar-refractivity contribution in [3.63, 3.8) is 0 Å². The molecule has 0 atom stereocenters. The first-order chi connectivity index (χ1) is 17.0. The average molecular weight is 481 g/mol. The van der Waals surface area contributed by atoms with Gasteiger partial charge in [-0.1, -0.05) is 83.3 Å². The van der Waals surface area contributed by atoms with Crippen LogP contribution in [0.2, 0.25) is 0 Å². The first-order valence-corrected chi connectivity index (χ1v) is 12.8. The molecule has 6 heteroatoms. The smallest absolute Gasteiger partial charge is 0.311 e. The van der Waals surface area contributed by atoms with Crippen LogP contribution in [0.1, 0.15) is 84.0 Å². The molecule has 0 unspecified atom stereocenters. The Morgan fingerprint density at radius 2 is 1.46 bits per heavy atom. The molecule has 188 valence electrons. The summed E-state index contributed by atoms with van der Waals surface area (Å²) in [6.45, 7) is 2.23. The monoisotopic (exact) mass is 480 g/mol. The quantitative estimate of drug-likeness (QED) is 0.141. The Hall–Kier alpha value is -3.28. The van der Waals surface area contributed by atoms with E-state index in [1.165, 1.54) is 81.9 Å². The molecule has 0 radical (unpaired) electrons. The van der Waals surface area contributed by atoms with Crippen molar-refractivity contribution in [3.8, 4) is 28.4 Å². The lowest BCUT2D eigenvalue weighted by Crippen LogP contribution is -2.09. The number of esters is 1. The predicted molar refractivity (Wildman–Crippen MR) is 138 cm³/mol. The lowest BCUT2D eigenvalue weighted by Gasteiger charge is -2.08. The molecule has 0 aliphatic rings. The van der Waals surface area contributed by atoms with Gasteiger partial charge in [-0.3, -0.25) is 9.59 Å². The molecule has 0 bridgehead atoms. The van der Waals surface area contributed by atoms with E-state index < -0.39 is 5.43 Å². The van der Waals surface area contributed by atoms with Crippen molar-refractivity contribution in [2.75, 3.05) is 0 Å². The van der Waals surface area contributed by atoms with E-state index in [0.717, 1.165) is 19.3 Å². The van der Waals surface area contributed by atoms with Crippen LogP contribution in [0.5, 0.6) is 17.2 Å². The van der Waals surface area contributed by atoms with E-state index in [2.05, 4.69) is 6.92 Å². The van der Waals surface area contributed by atoms with Gasteiger partial charge in [0.1, 0.15) is 34.5 Å². The van der Waals surface area contributed by atoms with Gasteiger partial charge < -0.3 is 19.4 Å². The summed E-state index contributed by atoms with van der Waals surface area (Å²) in [7, 11) is 0. The zero-order valence-electron chi connectivity index (χ0n) is 20.6. The third kappa shape index (κ3) is 7.88. The number of carbonyl (C=O) groups excluding carboxylic acids is 1. The van der Waals surface area contributed by atoms with Crippen LogP contribution in [0.15, 0.2) is 51.9 Å². The number of ether oxygens (including phenoxy) is 1. The van der Waals surface area contributed by atoms with E-state index >= 15 is 0 Å². The van der Waals surface area contributed by atoms with E-state index in [9.17, 15) is 19.8 Å². The standard InChI is InChI=1S/C29H36O6/c1-2-3-4-5-6-7-8-9-10-11-12-13-27(32)35-23-18-25(31)28-26(19-23)34-20-24(29(28)33)21-14-16-22(30)17-15-21/h14-20,30-31H,2-13H2,1H3. The number of unbranched alkanes of at least 4 members (excludes halogenated alkanes) is 10. The molecule has 6 nitrogen and oxygen atoms in total. The van der Waals surface area contributed by atoms with Crippen molar-refractivity contribution in [2.45, 2.75) is 84.0 Å². The van der Waals surface area contributed by atoms with Crippen LogP contribution >= 0.6 is 0 Å². The molecular weight excluding hydrogens is 444 g/mol. The highest BCUT2D eigenvalue weighted by atomic mass is 16.5. The Labute approximate surface area is 206 Å². The third-order valence-corrected chi connectivity index (χ3v) is 6.22. The van der Waals surface area contributed by atoms with Crippen molar-refractivity contribution >= 4 is 16.9 Å². The summed E-state index contributed by atoms with van der Waals surface area (Å²) in [4.78, 5) is 25.1. The molecule has 3 rings (SSSR count). The normalized spacial score (nSPS) is 11.1. The van der Waals surface area contributed by atoms with Gasteiger partial charge in [-0.25, -0.2) is 0 Å². The summed E-state index contributed by atoms with van der Waals surface area (Å²) < 4.78 is 10.9. The molecule has 1 heterocycles. The fraction of sp³-hybridized carbons (Fsp3) is 0.448. The number of hydrogen-bond acceptors (Lipinski definition) is 6. The number of hydrogen-bond donors (Lipinski definition) is 2. The number of carbonyl (C=O) groups is 1. The highest BCUT2D eigenvalue weighted by Gasteiger charge is 2.16. The van der Waals surface area contributed by atoms with Gasteiger partial charge in [0.25, 0.3) is 0 Å². The molecule has 0 aliphatic carbocycles. The summed E-state index contributed by atoms with van der Waals surface area (Å²) in [5.41, 5.74) is 0.540. The number of aromatic hydroxyl groups is 2. The maximum atomic E-state index is 12.9. The fourth-order valence-electron chi connectivity index (χ4n) is 4.22. The Morgan fingerprint density at radius 1 is 0.857 bits per heavy atom. The molecule has 0 amide bonds. The van der Waals surface area contributed by atoms with Gasteiger partial charge >= 0.3 is 5.97 Å². The second-order valence-corrected chi connectivity index (χ2v) is 9.10. The number of phenols is 2. The average Bonchev–Trinajstić information content (AvgIpc) is 2.83. The van der Waals surface area contributed by atoms with Gasteiger partial charge in [-0.05, 0) is 24.1 Å². The van der Waals surface area contributed by atoms with Crippen molar-refractivity contribution in [3.05, 3.63) is 52.9 Å². The van der Waals surface area contributed by atoms with Crippen LogP contribution in [0.4, 0.5) is 0 Å². The summed E-state index contributed by atoms with van der Waals surface area (Å²) in [5, 5.41) is 19.9. The van der Waals surface area contributed by atoms with Crippen LogP contribution in [0, 0.1) is 0 Å². The minimum Gasteiger partial charge on any atom is -0.508 e. The largest absolute Gasteiger partial charge is 0.508 e. The minimum absolute atomic E-state index is 0.0146. The van der Waals surface area contributed by atoms with Gasteiger partial charge in [0.05, 0.1) is 5.56 Å². The topological polar surface area (TPSA) is 97.0 Å². The lowest BCUT2D eigenvalue weighted by atomic mass is 10.0. The first-order valence-electron chi connectivity index (χ1n) is 12.8. The summed E-state index contributed by atoms with van der Waals surface area (Å²) in [5.74, 6) is -0.456. The van der Waals surface area contributed by atoms with E-state index in [-0.39, 0.29) is 39.8 Å². The summed E-state index contributed by atoms with van der Waals surface area (Å²) in [6.07, 6.45) is 14.9. The van der Waals surface area contributed by atoms with E-state index in [0.29, 0.717) is 12.0 Å². The highest BCUT2D eigenvalue weighted by molar-refractivity contribution is 5.88. The SMILES string of the molecule is CCCCCCCCCCCCCC(=O)Oc1cc(O)c2c(=O)c(-c3ccc(O)cc3)coc2c1. The summed E-state index contributed by atoms with van der Waals surface area (Å²) >= 11 is 0. The van der Waals surface area contributed by atoms with Gasteiger partial charge in [0.15, 0.2) is 0 Å². The van der Waals surface area contributed by atoms with Crippen molar-refractivity contribution in [2.24, 2.45) is 0 Å². The summed E-state index contributed by atoms with van der Waals surface area (Å²) in [6, 6.07) is 8.83. The second-order valence-electron chi connectivity index (χ2n) is 9.10. The zero-order chi connectivity index (χ0) is 25.0. The first kappa shape index (κ1) is 26.3. The maximum absolute atomic E-state index is 12.9. The molecule has 2 aromatic carbocycles. The molecule has 2 N–H and O–H groups in total. The van der Waals surface area contributed by atoms with Gasteiger partial charge in [0.2, 0.25) is 5.43 Å². The second kappa shape index (κ2) is 13.6. The zero-order valence-corrected chi connectivity index (χ0v) is 20.6.